The molecule has 0 spiro atoms. The van der Waals surface area contributed by atoms with Crippen LogP contribution in [0, 0.1) is 0 Å². The number of hydrogen-bond acceptors (Lipinski definition) is 16. The van der Waals surface area contributed by atoms with Crippen molar-refractivity contribution in [2.45, 2.75) is 79.6 Å². The van der Waals surface area contributed by atoms with Gasteiger partial charge in [-0.3, -0.25) is 19.2 Å². The molecule has 0 saturated carbocycles. The number of carbonyl (C=O) groups is 8. The summed E-state index contributed by atoms with van der Waals surface area (Å²) in [6, 6.07) is 37.4. The van der Waals surface area contributed by atoms with Crippen LogP contribution in [0.1, 0.15) is 94.8 Å². The Morgan fingerprint density at radius 1 is 0.317 bits per heavy atom. The van der Waals surface area contributed by atoms with E-state index in [2.05, 4.69) is 19.9 Å². The van der Waals surface area contributed by atoms with Crippen LogP contribution in [0.2, 0.25) is 0 Å². The molecule has 0 amide bonds. The third kappa shape index (κ3) is 46.8. The number of hydrogen-bond donors (Lipinski definition) is 0. The summed E-state index contributed by atoms with van der Waals surface area (Å²) in [5, 5.41) is 35.6. The zero-order chi connectivity index (χ0) is 56.4. The molecule has 0 aliphatic rings. The first-order chi connectivity index (χ1) is 36.4. The van der Waals surface area contributed by atoms with Gasteiger partial charge in [0.15, 0.2) is 23.1 Å². The molecule has 8 aromatic rings. The van der Waals surface area contributed by atoms with Crippen LogP contribution in [0.4, 0.5) is 0 Å². The number of aliphatic carboxylic acids is 4. The molecule has 24 nitrogen and oxygen atoms in total. The van der Waals surface area contributed by atoms with Gasteiger partial charge < -0.3 is 79.8 Å². The molecule has 8 rings (SSSR count). The second kappa shape index (κ2) is 53.6. The Morgan fingerprint density at radius 3 is 0.585 bits per heavy atom. The Balaban J connectivity index is -0.000000211. The fraction of sp³-hybridized carbons (Fsp3) is 0.214. The van der Waals surface area contributed by atoms with E-state index in [-0.39, 0.29) is 99.6 Å². The van der Waals surface area contributed by atoms with Crippen molar-refractivity contribution < 1.29 is 135 Å². The van der Waals surface area contributed by atoms with E-state index in [1.165, 1.54) is 0 Å². The molecule has 0 aliphatic heterocycles. The summed E-state index contributed by atoms with van der Waals surface area (Å²) in [5.41, 5.74) is 3.10. The van der Waals surface area contributed by atoms with E-state index < -0.39 is 23.9 Å². The van der Waals surface area contributed by atoms with Crippen molar-refractivity contribution in [3.05, 3.63) is 218 Å². The van der Waals surface area contributed by atoms with Crippen molar-refractivity contribution in [3.63, 3.8) is 0 Å². The van der Waals surface area contributed by atoms with Crippen LogP contribution in [-0.4, -0.2) is 107 Å². The van der Waals surface area contributed by atoms with Gasteiger partial charge in [-0.25, -0.2) is 19.9 Å². The smallest absolute Gasteiger partial charge is 0.550 e. The third-order valence-electron chi connectivity index (χ3n) is 9.01. The van der Waals surface area contributed by atoms with E-state index in [1.54, 1.807) is 50.1 Å². The molecule has 4 aromatic heterocycles. The molecule has 4 aromatic carbocycles. The first-order valence-electron chi connectivity index (χ1n) is 23.2. The zero-order valence-electron chi connectivity index (χ0n) is 46.0. The molecule has 26 heteroatoms. The van der Waals surface area contributed by atoms with E-state index in [0.717, 1.165) is 49.9 Å². The summed E-state index contributed by atoms with van der Waals surface area (Å²) in [7, 11) is 0. The van der Waals surface area contributed by atoms with E-state index in [1.807, 2.05) is 164 Å². The first-order valence-corrected chi connectivity index (χ1v) is 23.2. The van der Waals surface area contributed by atoms with Gasteiger partial charge in [-0.2, -0.15) is 0 Å². The quantitative estimate of drug-likeness (QED) is 0.0930. The van der Waals surface area contributed by atoms with E-state index in [4.69, 9.17) is 39.6 Å². The normalized spacial score (nSPS) is 8.63. The molecule has 0 radical (unpaired) electrons. The molecule has 4 heterocycles. The largest absolute Gasteiger partial charge is 2.00 e. The SMILES string of the molecule is CC(=O)[O-].CC(=O)[O-].CC(=O)[O-].CC(=O)[O-].O.O.O.O.O=C(CCn1ccnc1)c1ccccc1.O=C(CCn1ccnc1)c1ccccc1.O=C(CCn1ccnc1)c1ccccc1.O=C(CCn1ccnc1)c1ccccc1.[Cd+2].[Cd+2]. The monoisotopic (exact) mass is 1340 g/mol. The van der Waals surface area contributed by atoms with Crippen LogP contribution in [-0.2, 0) is 100.0 Å². The van der Waals surface area contributed by atoms with Crippen molar-refractivity contribution >= 4 is 47.0 Å². The van der Waals surface area contributed by atoms with E-state index >= 15 is 0 Å². The average molecular weight is 1330 g/mol. The van der Waals surface area contributed by atoms with E-state index in [9.17, 15) is 19.2 Å². The minimum atomic E-state index is -1.08. The van der Waals surface area contributed by atoms with Gasteiger partial charge in [0.1, 0.15) is 0 Å². The fourth-order valence-electron chi connectivity index (χ4n) is 5.67. The van der Waals surface area contributed by atoms with Gasteiger partial charge in [-0.15, -0.1) is 0 Å². The Kier molecular flexibility index (Phi) is 55.7. The van der Waals surface area contributed by atoms with Crippen molar-refractivity contribution in [2.24, 2.45) is 0 Å². The number of nitrogens with zero attached hydrogens (tertiary/aromatic N) is 8. The number of ketones is 4. The maximum absolute atomic E-state index is 11.7. The Labute approximate surface area is 515 Å². The summed E-state index contributed by atoms with van der Waals surface area (Å²) >= 11 is 0. The van der Waals surface area contributed by atoms with Gasteiger partial charge in [0.2, 0.25) is 0 Å². The molecular formula is C56H68Cd2N8O16. The van der Waals surface area contributed by atoms with Crippen molar-refractivity contribution in [3.8, 4) is 0 Å². The standard InChI is InChI=1S/4C12H12N2O.4C2H4O2.2Cd.4H2O/c4*15-12(11-4-2-1-3-5-11)6-8-14-9-7-13-10-14;4*1-2(3)4;;;;;;/h4*1-5,7,9-10H,6,8H2;4*1H3,(H,3,4);;;4*1H2/q;;;;;;;;2*+2;;;;/p-4. The number of aromatic nitrogens is 8. The Hall–Kier alpha value is -8.04. The van der Waals surface area contributed by atoms with Crippen molar-refractivity contribution in [1.82, 2.24) is 38.2 Å². The number of rotatable bonds is 16. The summed E-state index contributed by atoms with van der Waals surface area (Å²) < 4.78 is 7.61. The predicted molar refractivity (Wildman–Crippen MR) is 288 cm³/mol. The van der Waals surface area contributed by atoms with Crippen LogP contribution in [0.25, 0.3) is 0 Å². The number of carbonyl (C=O) groups excluding carboxylic acids is 8. The molecule has 0 bridgehead atoms. The van der Waals surface area contributed by atoms with E-state index in [0.29, 0.717) is 51.9 Å². The molecule has 0 saturated heterocycles. The molecular weight excluding hydrogens is 1270 g/mol. The van der Waals surface area contributed by atoms with Gasteiger partial charge in [-0.05, 0) is 27.7 Å². The van der Waals surface area contributed by atoms with Crippen molar-refractivity contribution in [2.75, 3.05) is 0 Å². The predicted octanol–water partition coefficient (Wildman–Crippen LogP) is 0.345. The minimum absolute atomic E-state index is 0. The van der Waals surface area contributed by atoms with Crippen LogP contribution in [0.15, 0.2) is 196 Å². The van der Waals surface area contributed by atoms with Gasteiger partial charge in [0.25, 0.3) is 0 Å². The number of imidazole rings is 4. The number of benzene rings is 4. The van der Waals surface area contributed by atoms with Crippen LogP contribution < -0.4 is 20.4 Å². The first kappa shape index (κ1) is 85.2. The minimum Gasteiger partial charge on any atom is -0.550 e. The molecule has 82 heavy (non-hydrogen) atoms. The maximum Gasteiger partial charge on any atom is 2.00 e. The maximum atomic E-state index is 11.7. The fourth-order valence-corrected chi connectivity index (χ4v) is 5.67. The van der Waals surface area contributed by atoms with Crippen molar-refractivity contribution in [1.29, 1.82) is 0 Å². The second-order valence-corrected chi connectivity index (χ2v) is 15.3. The van der Waals surface area contributed by atoms with Crippen LogP contribution in [0.3, 0.4) is 0 Å². The molecule has 0 unspecified atom stereocenters. The molecule has 8 N–H and O–H groups in total. The number of aryl methyl sites for hydroxylation is 4. The topological polar surface area (TPSA) is 426 Å². The van der Waals surface area contributed by atoms with Gasteiger partial charge in [-0.1, -0.05) is 121 Å². The average Bonchev–Trinajstić information content (AvgIpc) is 4.28. The van der Waals surface area contributed by atoms with Crippen LogP contribution in [0.5, 0.6) is 0 Å². The Bertz CT molecular complexity index is 2430. The number of Topliss-reactive ketones (excluding diaryl/α,β-unsaturated/α-hetero) is 4. The summed E-state index contributed by atoms with van der Waals surface area (Å²) in [6.45, 7) is 6.64. The third-order valence-corrected chi connectivity index (χ3v) is 9.01. The summed E-state index contributed by atoms with van der Waals surface area (Å²) in [6.07, 6.45) is 23.2. The number of carboxylic acid groups (broad SMARTS) is 4. The molecule has 0 atom stereocenters. The summed E-state index contributed by atoms with van der Waals surface area (Å²) in [5.74, 6) is -3.65. The van der Waals surface area contributed by atoms with Crippen LogP contribution >= 0.6 is 0 Å². The zero-order valence-corrected chi connectivity index (χ0v) is 54.1. The van der Waals surface area contributed by atoms with Gasteiger partial charge >= 0.3 is 54.6 Å². The molecule has 432 valence electrons. The molecule has 0 aliphatic carbocycles. The van der Waals surface area contributed by atoms with Gasteiger partial charge in [0.05, 0.1) is 25.3 Å². The van der Waals surface area contributed by atoms with Gasteiger partial charge in [0, 0.05) is 148 Å². The molecule has 0 fully saturated rings. The second-order valence-electron chi connectivity index (χ2n) is 15.3. The number of carboxylic acids is 4. The Morgan fingerprint density at radius 2 is 0.463 bits per heavy atom. The summed E-state index contributed by atoms with van der Waals surface area (Å²) in [4.78, 5) is 98.1.